The second-order valence-corrected chi connectivity index (χ2v) is 9.24. The predicted octanol–water partition coefficient (Wildman–Crippen LogP) is 1.61. The summed E-state index contributed by atoms with van der Waals surface area (Å²) >= 11 is 7.42. The molecule has 22 heavy (non-hydrogen) atoms. The molecule has 0 N–H and O–H groups in total. The summed E-state index contributed by atoms with van der Waals surface area (Å²) < 4.78 is 23.3. The van der Waals surface area contributed by atoms with Crippen LogP contribution in [-0.4, -0.2) is 54.2 Å². The molecule has 0 radical (unpaired) electrons. The number of thioether (sulfide) groups is 1. The lowest BCUT2D eigenvalue weighted by atomic mass is 10.1. The van der Waals surface area contributed by atoms with Crippen molar-refractivity contribution in [1.82, 2.24) is 4.90 Å². The molecule has 5 nitrogen and oxygen atoms in total. The Balaban J connectivity index is 1.72. The maximum Gasteiger partial charge on any atom is 0.252 e. The van der Waals surface area contributed by atoms with Gasteiger partial charge in [-0.25, -0.2) is 8.42 Å². The first-order valence-electron chi connectivity index (χ1n) is 6.80. The fourth-order valence-corrected chi connectivity index (χ4v) is 6.90. The Morgan fingerprint density at radius 1 is 1.41 bits per heavy atom. The maximum absolute atomic E-state index is 12.1. The van der Waals surface area contributed by atoms with Crippen molar-refractivity contribution < 1.29 is 13.2 Å². The molecule has 2 aliphatic heterocycles. The lowest BCUT2D eigenvalue weighted by molar-refractivity contribution is -0.117. The minimum absolute atomic E-state index is 0.0261. The van der Waals surface area contributed by atoms with Crippen LogP contribution in [0, 0.1) is 0 Å². The molecule has 1 aromatic carbocycles. The lowest BCUT2D eigenvalue weighted by Crippen LogP contribution is -2.34. The first-order chi connectivity index (χ1) is 10.4. The van der Waals surface area contributed by atoms with E-state index in [1.165, 1.54) is 11.8 Å². The van der Waals surface area contributed by atoms with E-state index in [-0.39, 0.29) is 35.1 Å². The number of hydrogen-bond donors (Lipinski definition) is 0. The molecule has 2 atom stereocenters. The summed E-state index contributed by atoms with van der Waals surface area (Å²) in [6.07, 6.45) is 0.144. The van der Waals surface area contributed by atoms with Crippen molar-refractivity contribution in [2.45, 2.75) is 17.7 Å². The Morgan fingerprint density at radius 2 is 2.14 bits per heavy atom. The number of halogens is 1. The van der Waals surface area contributed by atoms with E-state index in [2.05, 4.69) is 4.99 Å². The van der Waals surface area contributed by atoms with E-state index in [1.54, 1.807) is 19.2 Å². The molecule has 0 aromatic heterocycles. The fraction of sp³-hybridized carbons (Fsp3) is 0.429. The molecule has 0 saturated carbocycles. The molecule has 2 fully saturated rings. The van der Waals surface area contributed by atoms with Crippen LogP contribution in [-0.2, 0) is 21.1 Å². The van der Waals surface area contributed by atoms with Crippen LogP contribution < -0.4 is 0 Å². The van der Waals surface area contributed by atoms with E-state index in [4.69, 9.17) is 11.6 Å². The van der Waals surface area contributed by atoms with Gasteiger partial charge in [0.15, 0.2) is 15.0 Å². The number of hydrogen-bond acceptors (Lipinski definition) is 4. The van der Waals surface area contributed by atoms with Gasteiger partial charge in [-0.1, -0.05) is 41.6 Å². The summed E-state index contributed by atoms with van der Waals surface area (Å²) in [5.74, 6) is 0.0220. The summed E-state index contributed by atoms with van der Waals surface area (Å²) in [6, 6.07) is 7.09. The lowest BCUT2D eigenvalue weighted by Gasteiger charge is -2.17. The van der Waals surface area contributed by atoms with Crippen molar-refractivity contribution >= 4 is 44.3 Å². The standard InChI is InChI=1S/C14H15ClN2O3S2/c1-17-11-7-22(19,20)8-12(11)21-14(17)16-13(18)6-9-4-2-3-5-10(9)15/h2-5,11-12H,6-8H2,1H3/t11-,12+/m1/s1. The van der Waals surface area contributed by atoms with E-state index in [0.29, 0.717) is 10.2 Å². The maximum atomic E-state index is 12.1. The van der Waals surface area contributed by atoms with Gasteiger partial charge in [0.1, 0.15) is 0 Å². The smallest absolute Gasteiger partial charge is 0.252 e. The zero-order valence-electron chi connectivity index (χ0n) is 11.9. The van der Waals surface area contributed by atoms with Crippen molar-refractivity contribution in [1.29, 1.82) is 0 Å². The van der Waals surface area contributed by atoms with Crippen molar-refractivity contribution in [3.8, 4) is 0 Å². The quantitative estimate of drug-likeness (QED) is 0.803. The first-order valence-corrected chi connectivity index (χ1v) is 9.88. The third-order valence-corrected chi connectivity index (χ3v) is 7.52. The number of fused-ring (bicyclic) bond motifs is 1. The highest BCUT2D eigenvalue weighted by atomic mass is 35.5. The van der Waals surface area contributed by atoms with E-state index >= 15 is 0 Å². The number of amides is 1. The summed E-state index contributed by atoms with van der Waals surface area (Å²) in [4.78, 5) is 18.1. The van der Waals surface area contributed by atoms with Gasteiger partial charge < -0.3 is 4.90 Å². The van der Waals surface area contributed by atoms with E-state index in [9.17, 15) is 13.2 Å². The number of rotatable bonds is 2. The van der Waals surface area contributed by atoms with Gasteiger partial charge in [0.05, 0.1) is 24.0 Å². The zero-order chi connectivity index (χ0) is 15.9. The van der Waals surface area contributed by atoms with Crippen LogP contribution in [0.25, 0.3) is 0 Å². The largest absolute Gasteiger partial charge is 0.349 e. The van der Waals surface area contributed by atoms with Crippen molar-refractivity contribution in [2.75, 3.05) is 18.6 Å². The number of benzene rings is 1. The normalized spacial score (nSPS) is 28.1. The van der Waals surface area contributed by atoms with Crippen LogP contribution in [0.4, 0.5) is 0 Å². The number of nitrogens with zero attached hydrogens (tertiary/aromatic N) is 2. The van der Waals surface area contributed by atoms with Gasteiger partial charge in [0.2, 0.25) is 0 Å². The van der Waals surface area contributed by atoms with Crippen molar-refractivity contribution in [2.24, 2.45) is 4.99 Å². The highest BCUT2D eigenvalue weighted by Crippen LogP contribution is 2.37. The highest BCUT2D eigenvalue weighted by molar-refractivity contribution is 8.15. The molecule has 3 rings (SSSR count). The average molecular weight is 359 g/mol. The van der Waals surface area contributed by atoms with Gasteiger partial charge in [-0.2, -0.15) is 4.99 Å². The minimum atomic E-state index is -2.96. The van der Waals surface area contributed by atoms with Crippen LogP contribution in [0.3, 0.4) is 0 Å². The van der Waals surface area contributed by atoms with Gasteiger partial charge >= 0.3 is 0 Å². The van der Waals surface area contributed by atoms with Crippen LogP contribution in [0.15, 0.2) is 29.3 Å². The van der Waals surface area contributed by atoms with Crippen LogP contribution in [0.5, 0.6) is 0 Å². The second-order valence-electron chi connectivity index (χ2n) is 5.47. The fourth-order valence-electron chi connectivity index (χ4n) is 2.69. The van der Waals surface area contributed by atoms with E-state index < -0.39 is 9.84 Å². The van der Waals surface area contributed by atoms with Crippen LogP contribution >= 0.6 is 23.4 Å². The number of amidine groups is 1. The van der Waals surface area contributed by atoms with Gasteiger partial charge in [0, 0.05) is 17.3 Å². The monoisotopic (exact) mass is 358 g/mol. The first kappa shape index (κ1) is 15.8. The molecule has 0 bridgehead atoms. The Labute approximate surface area is 138 Å². The molecule has 118 valence electrons. The second kappa shape index (κ2) is 5.86. The molecule has 2 heterocycles. The average Bonchev–Trinajstić information content (AvgIpc) is 2.87. The SMILES string of the molecule is CN1C(=NC(=O)Cc2ccccc2Cl)S[C@H]2CS(=O)(=O)C[C@H]21. The predicted molar refractivity (Wildman–Crippen MR) is 89.2 cm³/mol. The Kier molecular flexibility index (Phi) is 4.22. The molecule has 8 heteroatoms. The Hall–Kier alpha value is -1.05. The van der Waals surface area contributed by atoms with E-state index in [1.807, 2.05) is 17.0 Å². The summed E-state index contributed by atoms with van der Waals surface area (Å²) in [5.41, 5.74) is 0.743. The minimum Gasteiger partial charge on any atom is -0.349 e. The van der Waals surface area contributed by atoms with Crippen molar-refractivity contribution in [3.63, 3.8) is 0 Å². The zero-order valence-corrected chi connectivity index (χ0v) is 14.3. The number of sulfone groups is 1. The van der Waals surface area contributed by atoms with Gasteiger partial charge in [-0.05, 0) is 11.6 Å². The molecular formula is C14H15ClN2O3S2. The molecule has 0 aliphatic carbocycles. The van der Waals surface area contributed by atoms with E-state index in [0.717, 1.165) is 5.56 Å². The molecule has 1 aromatic rings. The topological polar surface area (TPSA) is 66.8 Å². The Bertz CT molecular complexity index is 748. The molecule has 1 amide bonds. The molecule has 0 spiro atoms. The molecular weight excluding hydrogens is 344 g/mol. The summed E-state index contributed by atoms with van der Waals surface area (Å²) in [5, 5.41) is 1.12. The van der Waals surface area contributed by atoms with Gasteiger partial charge in [0.25, 0.3) is 5.91 Å². The van der Waals surface area contributed by atoms with Gasteiger partial charge in [-0.3, -0.25) is 4.79 Å². The van der Waals surface area contributed by atoms with Crippen LogP contribution in [0.1, 0.15) is 5.56 Å². The number of aliphatic imine (C=N–C) groups is 1. The van der Waals surface area contributed by atoms with Crippen molar-refractivity contribution in [3.05, 3.63) is 34.9 Å². The van der Waals surface area contributed by atoms with Crippen LogP contribution in [0.2, 0.25) is 5.02 Å². The summed E-state index contributed by atoms with van der Waals surface area (Å²) in [7, 11) is -1.17. The number of carbonyl (C=O) groups is 1. The highest BCUT2D eigenvalue weighted by Gasteiger charge is 2.47. The number of carbonyl (C=O) groups excluding carboxylic acids is 1. The molecule has 0 unspecified atom stereocenters. The summed E-state index contributed by atoms with van der Waals surface area (Å²) in [6.45, 7) is 0. The third kappa shape index (κ3) is 3.16. The molecule has 2 saturated heterocycles. The Morgan fingerprint density at radius 3 is 2.82 bits per heavy atom. The molecule has 2 aliphatic rings. The third-order valence-electron chi connectivity index (χ3n) is 3.85. The van der Waals surface area contributed by atoms with Gasteiger partial charge in [-0.15, -0.1) is 0 Å².